The van der Waals surface area contributed by atoms with Crippen LogP contribution in [-0.4, -0.2) is 54.0 Å². The van der Waals surface area contributed by atoms with Crippen LogP contribution in [0.5, 0.6) is 0 Å². The molecule has 2 amide bonds. The van der Waals surface area contributed by atoms with Crippen LogP contribution in [0.15, 0.2) is 48.5 Å². The highest BCUT2D eigenvalue weighted by Crippen LogP contribution is 2.44. The zero-order valence-corrected chi connectivity index (χ0v) is 19.3. The number of aliphatic carboxylic acids is 1. The molecule has 0 saturated heterocycles. The Bertz CT molecular complexity index is 984. The fraction of sp³-hybridized carbons (Fsp3) is 0.400. The lowest BCUT2D eigenvalue weighted by Gasteiger charge is -2.24. The molecule has 0 heterocycles. The summed E-state index contributed by atoms with van der Waals surface area (Å²) in [4.78, 5) is 36.2. The summed E-state index contributed by atoms with van der Waals surface area (Å²) in [7, 11) is 0. The lowest BCUT2D eigenvalue weighted by atomic mass is 9.98. The molecule has 0 radical (unpaired) electrons. The molecule has 176 valence electrons. The topological polar surface area (TPSA) is 114 Å². The number of nitrogens with one attached hydrogen (secondary N) is 2. The third-order valence-electron chi connectivity index (χ3n) is 5.37. The molecule has 0 fully saturated rings. The largest absolute Gasteiger partial charge is 0.480 e. The van der Waals surface area contributed by atoms with Crippen molar-refractivity contribution in [3.8, 4) is 11.1 Å². The molecule has 3 N–H and O–H groups in total. The summed E-state index contributed by atoms with van der Waals surface area (Å²) in [6, 6.07) is 13.8. The number of amides is 2. The van der Waals surface area contributed by atoms with Crippen LogP contribution in [0.1, 0.15) is 44.7 Å². The fourth-order valence-corrected chi connectivity index (χ4v) is 3.69. The van der Waals surface area contributed by atoms with Gasteiger partial charge in [-0.2, -0.15) is 0 Å². The van der Waals surface area contributed by atoms with E-state index in [1.807, 2.05) is 48.5 Å². The second-order valence-corrected chi connectivity index (χ2v) is 9.01. The van der Waals surface area contributed by atoms with Gasteiger partial charge in [-0.05, 0) is 49.9 Å². The lowest BCUT2D eigenvalue weighted by Crippen LogP contribution is -2.52. The Labute approximate surface area is 193 Å². The third-order valence-corrected chi connectivity index (χ3v) is 5.37. The summed E-state index contributed by atoms with van der Waals surface area (Å²) in [5.74, 6) is -1.97. The average Bonchev–Trinajstić information content (AvgIpc) is 3.08. The van der Waals surface area contributed by atoms with E-state index in [0.717, 1.165) is 22.3 Å². The summed E-state index contributed by atoms with van der Waals surface area (Å²) < 4.78 is 10.9. The molecule has 8 heteroatoms. The lowest BCUT2D eigenvalue weighted by molar-refractivity contribution is -0.145. The van der Waals surface area contributed by atoms with Crippen molar-refractivity contribution in [2.24, 2.45) is 0 Å². The van der Waals surface area contributed by atoms with Crippen LogP contribution in [0.3, 0.4) is 0 Å². The van der Waals surface area contributed by atoms with E-state index in [2.05, 4.69) is 10.6 Å². The minimum Gasteiger partial charge on any atom is -0.480 e. The molecule has 1 aliphatic carbocycles. The molecule has 0 spiro atoms. The molecular weight excluding hydrogens is 424 g/mol. The molecule has 2 atom stereocenters. The number of carboxylic acids is 1. The van der Waals surface area contributed by atoms with E-state index < -0.39 is 35.7 Å². The predicted molar refractivity (Wildman–Crippen MR) is 123 cm³/mol. The number of carboxylic acid groups (broad SMARTS) is 1. The highest BCUT2D eigenvalue weighted by Gasteiger charge is 2.30. The Balaban J connectivity index is 1.55. The van der Waals surface area contributed by atoms with E-state index in [1.54, 1.807) is 20.8 Å². The number of fused-ring (bicyclic) bond motifs is 3. The number of ether oxygens (including phenoxy) is 2. The number of alkyl carbamates (subject to hydrolysis) is 1. The fourth-order valence-electron chi connectivity index (χ4n) is 3.69. The molecule has 1 unspecified atom stereocenters. The molecule has 2 aromatic carbocycles. The number of benzene rings is 2. The van der Waals surface area contributed by atoms with Crippen molar-refractivity contribution in [2.45, 2.75) is 51.3 Å². The molecule has 2 aromatic rings. The minimum atomic E-state index is -1.23. The van der Waals surface area contributed by atoms with Gasteiger partial charge in [-0.25, -0.2) is 9.59 Å². The number of carbonyl (C=O) groups excluding carboxylic acids is 2. The van der Waals surface area contributed by atoms with Gasteiger partial charge in [0, 0.05) is 5.92 Å². The Hall–Kier alpha value is -3.39. The zero-order chi connectivity index (χ0) is 24.2. The summed E-state index contributed by atoms with van der Waals surface area (Å²) in [6.07, 6.45) is -0.752. The van der Waals surface area contributed by atoms with E-state index in [1.165, 1.54) is 6.92 Å². The summed E-state index contributed by atoms with van der Waals surface area (Å²) in [6.45, 7) is 6.74. The number of carbonyl (C=O) groups is 3. The van der Waals surface area contributed by atoms with Gasteiger partial charge in [0.15, 0.2) is 6.04 Å². The van der Waals surface area contributed by atoms with E-state index in [9.17, 15) is 19.5 Å². The maximum absolute atomic E-state index is 12.4. The SMILES string of the molecule is CC(NC(=O)OCC1c2ccccc2-c2ccccc21)C(=O)N[C@@H](COC(C)(C)C)C(=O)O. The van der Waals surface area contributed by atoms with Gasteiger partial charge in [-0.1, -0.05) is 48.5 Å². The second-order valence-electron chi connectivity index (χ2n) is 9.01. The van der Waals surface area contributed by atoms with Crippen LogP contribution in [0, 0.1) is 0 Å². The predicted octanol–water partition coefficient (Wildman–Crippen LogP) is 3.30. The number of rotatable bonds is 8. The molecule has 0 aromatic heterocycles. The monoisotopic (exact) mass is 454 g/mol. The van der Waals surface area contributed by atoms with E-state index in [4.69, 9.17) is 9.47 Å². The van der Waals surface area contributed by atoms with Gasteiger partial charge >= 0.3 is 12.1 Å². The van der Waals surface area contributed by atoms with Crippen LogP contribution in [0.2, 0.25) is 0 Å². The molecule has 8 nitrogen and oxygen atoms in total. The van der Waals surface area contributed by atoms with Gasteiger partial charge in [0.2, 0.25) is 5.91 Å². The van der Waals surface area contributed by atoms with E-state index >= 15 is 0 Å². The highest BCUT2D eigenvalue weighted by molar-refractivity contribution is 5.89. The van der Waals surface area contributed by atoms with Crippen molar-refractivity contribution >= 4 is 18.0 Å². The van der Waals surface area contributed by atoms with Crippen LogP contribution < -0.4 is 10.6 Å². The minimum absolute atomic E-state index is 0.0989. The first-order valence-corrected chi connectivity index (χ1v) is 10.9. The standard InChI is InChI=1S/C25H30N2O6/c1-15(22(28)27-21(23(29)30)14-33-25(2,3)4)26-24(31)32-13-20-18-11-7-5-9-16(18)17-10-6-8-12-19(17)20/h5-12,15,20-21H,13-14H2,1-4H3,(H,26,31)(H,27,28)(H,29,30)/t15?,21-/m0/s1. The van der Waals surface area contributed by atoms with E-state index in [-0.39, 0.29) is 19.1 Å². The summed E-state index contributed by atoms with van der Waals surface area (Å²) in [5, 5.41) is 14.2. The first-order chi connectivity index (χ1) is 15.6. The maximum atomic E-state index is 12.4. The normalized spacial score (nSPS) is 14.5. The Morgan fingerprint density at radius 1 is 0.970 bits per heavy atom. The van der Waals surface area contributed by atoms with Gasteiger partial charge in [0.05, 0.1) is 12.2 Å². The molecule has 0 saturated carbocycles. The Morgan fingerprint density at radius 2 is 1.52 bits per heavy atom. The van der Waals surface area contributed by atoms with Gasteiger partial charge in [0.1, 0.15) is 12.6 Å². The molecule has 0 aliphatic heterocycles. The second kappa shape index (κ2) is 10.0. The van der Waals surface area contributed by atoms with Crippen LogP contribution in [0.4, 0.5) is 4.79 Å². The first-order valence-electron chi connectivity index (χ1n) is 10.9. The van der Waals surface area contributed by atoms with Gasteiger partial charge < -0.3 is 25.2 Å². The molecular formula is C25H30N2O6. The molecule has 1 aliphatic rings. The number of hydrogen-bond acceptors (Lipinski definition) is 5. The summed E-state index contributed by atoms with van der Waals surface area (Å²) in [5.41, 5.74) is 3.85. The Kier molecular flexibility index (Phi) is 7.38. The molecule has 3 rings (SSSR count). The van der Waals surface area contributed by atoms with Crippen molar-refractivity contribution in [1.82, 2.24) is 10.6 Å². The molecule has 33 heavy (non-hydrogen) atoms. The third kappa shape index (κ3) is 6.10. The smallest absolute Gasteiger partial charge is 0.407 e. The van der Waals surface area contributed by atoms with Crippen LogP contribution in [-0.2, 0) is 19.1 Å². The van der Waals surface area contributed by atoms with Crippen LogP contribution >= 0.6 is 0 Å². The Morgan fingerprint density at radius 3 is 2.03 bits per heavy atom. The van der Waals surface area contributed by atoms with Crippen molar-refractivity contribution in [1.29, 1.82) is 0 Å². The maximum Gasteiger partial charge on any atom is 0.407 e. The van der Waals surface area contributed by atoms with Crippen molar-refractivity contribution in [3.05, 3.63) is 59.7 Å². The van der Waals surface area contributed by atoms with Crippen LogP contribution in [0.25, 0.3) is 11.1 Å². The van der Waals surface area contributed by atoms with Gasteiger partial charge in [-0.3, -0.25) is 4.79 Å². The zero-order valence-electron chi connectivity index (χ0n) is 19.3. The van der Waals surface area contributed by atoms with Crippen molar-refractivity contribution < 1.29 is 29.0 Å². The highest BCUT2D eigenvalue weighted by atomic mass is 16.5. The van der Waals surface area contributed by atoms with Crippen molar-refractivity contribution in [2.75, 3.05) is 13.2 Å². The number of hydrogen-bond donors (Lipinski definition) is 3. The first kappa shape index (κ1) is 24.3. The van der Waals surface area contributed by atoms with E-state index in [0.29, 0.717) is 0 Å². The van der Waals surface area contributed by atoms with Gasteiger partial charge in [-0.15, -0.1) is 0 Å². The van der Waals surface area contributed by atoms with Gasteiger partial charge in [0.25, 0.3) is 0 Å². The van der Waals surface area contributed by atoms with Crippen molar-refractivity contribution in [3.63, 3.8) is 0 Å². The summed E-state index contributed by atoms with van der Waals surface area (Å²) >= 11 is 0. The average molecular weight is 455 g/mol. The molecule has 0 bridgehead atoms. The quantitative estimate of drug-likeness (QED) is 0.564.